The van der Waals surface area contributed by atoms with Gasteiger partial charge in [0, 0.05) is 49.9 Å². The van der Waals surface area contributed by atoms with Gasteiger partial charge >= 0.3 is 0 Å². The minimum atomic E-state index is -1.08. The molecule has 0 aliphatic rings. The predicted molar refractivity (Wildman–Crippen MR) is 175 cm³/mol. The molecule has 0 heterocycles. The van der Waals surface area contributed by atoms with Crippen LogP contribution in [-0.4, -0.2) is 72.6 Å². The number of aliphatic hydroxyl groups excluding tert-OH is 1. The first kappa shape index (κ1) is 35.8. The van der Waals surface area contributed by atoms with E-state index in [4.69, 9.17) is 0 Å². The highest BCUT2D eigenvalue weighted by Crippen LogP contribution is 2.17. The summed E-state index contributed by atoms with van der Waals surface area (Å²) in [6.07, 6.45) is 1.46. The summed E-state index contributed by atoms with van der Waals surface area (Å²) in [4.78, 5) is 31.0. The Kier molecular flexibility index (Phi) is 14.1. The van der Waals surface area contributed by atoms with Gasteiger partial charge in [0.15, 0.2) is 0 Å². The summed E-state index contributed by atoms with van der Waals surface area (Å²) in [7, 11) is 3.81. The van der Waals surface area contributed by atoms with Gasteiger partial charge in [-0.2, -0.15) is 0 Å². The van der Waals surface area contributed by atoms with Gasteiger partial charge in [-0.3, -0.25) is 9.59 Å². The highest BCUT2D eigenvalue weighted by molar-refractivity contribution is 6.00. The van der Waals surface area contributed by atoms with Gasteiger partial charge in [0.25, 0.3) is 11.8 Å². The number of amides is 2. The van der Waals surface area contributed by atoms with Crippen LogP contribution >= 0.6 is 0 Å². The smallest absolute Gasteiger partial charge is 0.253 e. The second-order valence-electron chi connectivity index (χ2n) is 11.9. The Morgan fingerprint density at radius 3 is 2.09 bits per heavy atom. The van der Waals surface area contributed by atoms with Crippen molar-refractivity contribution in [3.63, 3.8) is 0 Å². The quantitative estimate of drug-likeness (QED) is 0.189. The fourth-order valence-electron chi connectivity index (χ4n) is 5.42. The first-order valence-electron chi connectivity index (χ1n) is 15.8. The molecule has 2 atom stereocenters. The summed E-state index contributed by atoms with van der Waals surface area (Å²) < 4.78 is 28.1. The average Bonchev–Trinajstić information content (AvgIpc) is 2.99. The van der Waals surface area contributed by atoms with Crippen LogP contribution in [0.2, 0.25) is 0 Å². The molecule has 3 N–H and O–H groups in total. The van der Waals surface area contributed by atoms with E-state index < -0.39 is 29.7 Å². The molecule has 0 radical (unpaired) electrons. The molecule has 0 aromatic heterocycles. The molecule has 0 saturated carbocycles. The lowest BCUT2D eigenvalue weighted by atomic mass is 9.99. The maximum Gasteiger partial charge on any atom is 0.253 e. The van der Waals surface area contributed by atoms with E-state index >= 15 is 0 Å². The predicted octanol–water partition coefficient (Wildman–Crippen LogP) is 5.34. The number of aryl methyl sites for hydroxylation is 1. The lowest BCUT2D eigenvalue weighted by Crippen LogP contribution is -2.48. The maximum atomic E-state index is 14.1. The van der Waals surface area contributed by atoms with E-state index in [0.29, 0.717) is 37.3 Å². The van der Waals surface area contributed by atoms with Gasteiger partial charge < -0.3 is 25.5 Å². The minimum Gasteiger partial charge on any atom is -0.390 e. The van der Waals surface area contributed by atoms with E-state index in [1.165, 1.54) is 17.7 Å². The summed E-state index contributed by atoms with van der Waals surface area (Å²) in [5, 5.41) is 17.4. The molecule has 0 aliphatic heterocycles. The highest BCUT2D eigenvalue weighted by Gasteiger charge is 2.25. The van der Waals surface area contributed by atoms with Crippen molar-refractivity contribution >= 4 is 11.8 Å². The van der Waals surface area contributed by atoms with Gasteiger partial charge in [0.2, 0.25) is 0 Å². The van der Waals surface area contributed by atoms with Gasteiger partial charge in [0.05, 0.1) is 12.1 Å². The van der Waals surface area contributed by atoms with Crippen LogP contribution in [0.1, 0.15) is 76.6 Å². The number of nitrogens with one attached hydrogen (secondary N) is 2. The number of rotatable bonds is 17. The van der Waals surface area contributed by atoms with E-state index in [0.717, 1.165) is 36.5 Å². The SMILES string of the molecule is CCCN(CCC)C(=O)c1cc(CN(C)C)cc(C(=O)N[C@@H](Cc2cc(F)cc(F)c2)[C@H](O)CNCc2cccc(CC)c2)c1. The van der Waals surface area contributed by atoms with Gasteiger partial charge in [-0.1, -0.05) is 45.0 Å². The number of hydrogen-bond acceptors (Lipinski definition) is 5. The zero-order valence-electron chi connectivity index (χ0n) is 27.2. The number of hydrogen-bond donors (Lipinski definition) is 3. The Hall–Kier alpha value is -3.66. The molecule has 0 saturated heterocycles. The molecule has 0 spiro atoms. The van der Waals surface area contributed by atoms with E-state index in [9.17, 15) is 23.5 Å². The lowest BCUT2D eigenvalue weighted by Gasteiger charge is -2.26. The summed E-state index contributed by atoms with van der Waals surface area (Å²) >= 11 is 0. The number of benzene rings is 3. The van der Waals surface area contributed by atoms with Crippen molar-refractivity contribution in [3.8, 4) is 0 Å². The summed E-state index contributed by atoms with van der Waals surface area (Å²) in [5.41, 5.74) is 4.06. The number of nitrogens with zero attached hydrogens (tertiary/aromatic N) is 2. The first-order chi connectivity index (χ1) is 21.5. The maximum absolute atomic E-state index is 14.1. The molecule has 244 valence electrons. The second kappa shape index (κ2) is 17.7. The monoisotopic (exact) mass is 622 g/mol. The average molecular weight is 623 g/mol. The third kappa shape index (κ3) is 11.3. The second-order valence-corrected chi connectivity index (χ2v) is 11.9. The van der Waals surface area contributed by atoms with Gasteiger partial charge in [0.1, 0.15) is 11.6 Å². The van der Waals surface area contributed by atoms with Crippen molar-refractivity contribution in [2.75, 3.05) is 33.7 Å². The lowest BCUT2D eigenvalue weighted by molar-refractivity contribution is 0.0755. The summed E-state index contributed by atoms with van der Waals surface area (Å²) in [6.45, 7) is 8.49. The fourth-order valence-corrected chi connectivity index (χ4v) is 5.42. The molecule has 45 heavy (non-hydrogen) atoms. The molecule has 7 nitrogen and oxygen atoms in total. The number of carbonyl (C=O) groups is 2. The normalized spacial score (nSPS) is 12.6. The van der Waals surface area contributed by atoms with Crippen LogP contribution in [-0.2, 0) is 25.9 Å². The van der Waals surface area contributed by atoms with Crippen LogP contribution in [0, 0.1) is 11.6 Å². The molecule has 0 unspecified atom stereocenters. The Morgan fingerprint density at radius 2 is 1.47 bits per heavy atom. The third-order valence-corrected chi connectivity index (χ3v) is 7.52. The third-order valence-electron chi connectivity index (χ3n) is 7.52. The van der Waals surface area contributed by atoms with Gasteiger partial charge in [-0.05, 0) is 92.4 Å². The molecule has 0 aliphatic carbocycles. The van der Waals surface area contributed by atoms with Crippen molar-refractivity contribution in [3.05, 3.63) is 106 Å². The molecular formula is C36H48F2N4O3. The largest absolute Gasteiger partial charge is 0.390 e. The van der Waals surface area contributed by atoms with Crippen LogP contribution < -0.4 is 10.6 Å². The summed E-state index contributed by atoms with van der Waals surface area (Å²) in [6, 6.07) is 15.6. The highest BCUT2D eigenvalue weighted by atomic mass is 19.1. The number of carbonyl (C=O) groups excluding carboxylic acids is 2. The molecule has 9 heteroatoms. The Balaban J connectivity index is 1.88. The standard InChI is InChI=1S/C36H48F2N4O3/c1-6-12-42(13-7-2)36(45)30-16-28(24-41(4)5)15-29(20-30)35(44)40-33(19-27-17-31(37)21-32(38)18-27)34(43)23-39-22-26-11-9-10-25(8-3)14-26/h9-11,14-18,20-21,33-34,39,43H,6-8,12-13,19,22-24H2,1-5H3,(H,40,44)/t33-,34+/m0/s1. The van der Waals surface area contributed by atoms with Crippen molar-refractivity contribution in [1.82, 2.24) is 20.4 Å². The zero-order chi connectivity index (χ0) is 32.9. The van der Waals surface area contributed by atoms with Crippen molar-refractivity contribution in [2.45, 2.75) is 71.7 Å². The molecule has 3 rings (SSSR count). The molecule has 2 amide bonds. The molecule has 0 fully saturated rings. The van der Waals surface area contributed by atoms with Crippen molar-refractivity contribution in [2.24, 2.45) is 0 Å². The molecule has 3 aromatic rings. The number of aliphatic hydroxyl groups is 1. The van der Waals surface area contributed by atoms with E-state index in [2.05, 4.69) is 29.7 Å². The zero-order valence-corrected chi connectivity index (χ0v) is 27.2. The van der Waals surface area contributed by atoms with Crippen LogP contribution in [0.5, 0.6) is 0 Å². The first-order valence-corrected chi connectivity index (χ1v) is 15.8. The van der Waals surface area contributed by atoms with Crippen molar-refractivity contribution in [1.29, 1.82) is 0 Å². The van der Waals surface area contributed by atoms with Gasteiger partial charge in [-0.25, -0.2) is 8.78 Å². The van der Waals surface area contributed by atoms with Crippen LogP contribution in [0.25, 0.3) is 0 Å². The van der Waals surface area contributed by atoms with E-state index in [1.54, 1.807) is 17.0 Å². The fraction of sp³-hybridized carbons (Fsp3) is 0.444. The Labute approximate surface area is 266 Å². The van der Waals surface area contributed by atoms with Crippen LogP contribution in [0.15, 0.2) is 60.7 Å². The van der Waals surface area contributed by atoms with Crippen LogP contribution in [0.4, 0.5) is 8.78 Å². The van der Waals surface area contributed by atoms with E-state index in [-0.39, 0.29) is 24.4 Å². The molecular weight excluding hydrogens is 574 g/mol. The minimum absolute atomic E-state index is 0.00145. The van der Waals surface area contributed by atoms with Crippen LogP contribution in [0.3, 0.4) is 0 Å². The Morgan fingerprint density at radius 1 is 0.822 bits per heavy atom. The number of halogens is 2. The van der Waals surface area contributed by atoms with Gasteiger partial charge in [-0.15, -0.1) is 0 Å². The Bertz CT molecular complexity index is 1390. The molecule has 3 aromatic carbocycles. The van der Waals surface area contributed by atoms with Crippen molar-refractivity contribution < 1.29 is 23.5 Å². The molecule has 0 bridgehead atoms. The topological polar surface area (TPSA) is 84.9 Å². The summed E-state index contributed by atoms with van der Waals surface area (Å²) in [5.74, 6) is -2.10. The van der Waals surface area contributed by atoms with E-state index in [1.807, 2.05) is 51.0 Å².